The van der Waals surface area contributed by atoms with Crippen LogP contribution < -0.4 is 14.8 Å². The molecule has 1 N–H and O–H groups in total. The Morgan fingerprint density at radius 3 is 2.56 bits per heavy atom. The zero-order chi connectivity index (χ0) is 18.8. The summed E-state index contributed by atoms with van der Waals surface area (Å²) in [7, 11) is 0. The maximum atomic E-state index is 13.0. The number of halogens is 2. The van der Waals surface area contributed by atoms with E-state index >= 15 is 0 Å². The molecule has 1 amide bonds. The van der Waals surface area contributed by atoms with Gasteiger partial charge in [0.2, 0.25) is 0 Å². The first kappa shape index (κ1) is 17.4. The van der Waals surface area contributed by atoms with Crippen molar-refractivity contribution in [3.8, 4) is 17.2 Å². The molecular formula is C19H15ClFN3O3. The van der Waals surface area contributed by atoms with Gasteiger partial charge in [0, 0.05) is 24.8 Å². The minimum Gasteiger partial charge on any atom is -0.490 e. The Kier molecular flexibility index (Phi) is 4.68. The summed E-state index contributed by atoms with van der Waals surface area (Å²) in [6.07, 6.45) is 2.40. The summed E-state index contributed by atoms with van der Waals surface area (Å²) in [5, 5.41) is 7.29. The fraction of sp³-hybridized carbons (Fsp3) is 0.158. The molecule has 8 heteroatoms. The Hall–Kier alpha value is -3.06. The summed E-state index contributed by atoms with van der Waals surface area (Å²) >= 11 is 6.25. The first-order chi connectivity index (χ1) is 13.1. The topological polar surface area (TPSA) is 65.4 Å². The van der Waals surface area contributed by atoms with Crippen LogP contribution in [0.3, 0.4) is 0 Å². The van der Waals surface area contributed by atoms with Crippen molar-refractivity contribution in [3.63, 3.8) is 0 Å². The second kappa shape index (κ2) is 7.28. The number of amides is 1. The number of carbonyl (C=O) groups excluding carboxylic acids is 1. The largest absolute Gasteiger partial charge is 0.490 e. The Balaban J connectivity index is 1.54. The summed E-state index contributed by atoms with van der Waals surface area (Å²) in [6.45, 7) is 1.08. The lowest BCUT2D eigenvalue weighted by Crippen LogP contribution is -2.13. The molecule has 0 unspecified atom stereocenters. The molecule has 1 aliphatic heterocycles. The maximum Gasteiger partial charge on any atom is 0.276 e. The third-order valence-corrected chi connectivity index (χ3v) is 4.31. The highest BCUT2D eigenvalue weighted by Gasteiger charge is 2.17. The van der Waals surface area contributed by atoms with Crippen molar-refractivity contribution in [2.24, 2.45) is 0 Å². The van der Waals surface area contributed by atoms with Crippen LogP contribution in [0.15, 0.2) is 48.7 Å². The summed E-state index contributed by atoms with van der Waals surface area (Å²) in [6, 6.07) is 10.6. The molecule has 27 heavy (non-hydrogen) atoms. The Labute approximate surface area is 159 Å². The van der Waals surface area contributed by atoms with Crippen LogP contribution in [0.1, 0.15) is 16.9 Å². The molecular weight excluding hydrogens is 373 g/mol. The highest BCUT2D eigenvalue weighted by molar-refractivity contribution is 6.34. The highest BCUT2D eigenvalue weighted by Crippen LogP contribution is 2.37. The van der Waals surface area contributed by atoms with Crippen LogP contribution in [-0.4, -0.2) is 28.9 Å². The molecule has 0 bridgehead atoms. The summed E-state index contributed by atoms with van der Waals surface area (Å²) in [5.74, 6) is 0.320. The number of benzene rings is 2. The lowest BCUT2D eigenvalue weighted by atomic mass is 10.2. The van der Waals surface area contributed by atoms with E-state index in [1.54, 1.807) is 36.5 Å². The Morgan fingerprint density at radius 1 is 1.11 bits per heavy atom. The minimum atomic E-state index is -0.424. The number of anilines is 1. The third kappa shape index (κ3) is 3.73. The van der Waals surface area contributed by atoms with E-state index in [4.69, 9.17) is 21.1 Å². The van der Waals surface area contributed by atoms with Crippen molar-refractivity contribution in [2.75, 3.05) is 18.5 Å². The molecule has 0 saturated carbocycles. The molecule has 4 rings (SSSR count). The number of aromatic nitrogens is 2. The van der Waals surface area contributed by atoms with Gasteiger partial charge in [-0.2, -0.15) is 5.10 Å². The van der Waals surface area contributed by atoms with Crippen LogP contribution >= 0.6 is 11.6 Å². The van der Waals surface area contributed by atoms with E-state index in [1.165, 1.54) is 16.8 Å². The molecule has 2 aromatic carbocycles. The predicted octanol–water partition coefficient (Wildman–Crippen LogP) is 4.08. The quantitative estimate of drug-likeness (QED) is 0.735. The molecule has 6 nitrogen and oxygen atoms in total. The Bertz CT molecular complexity index is 988. The van der Waals surface area contributed by atoms with Crippen molar-refractivity contribution in [3.05, 3.63) is 65.2 Å². The second-order valence-electron chi connectivity index (χ2n) is 5.91. The van der Waals surface area contributed by atoms with E-state index in [-0.39, 0.29) is 11.5 Å². The molecule has 0 fully saturated rings. The minimum absolute atomic E-state index is 0.197. The smallest absolute Gasteiger partial charge is 0.276 e. The first-order valence-electron chi connectivity index (χ1n) is 8.32. The van der Waals surface area contributed by atoms with E-state index in [1.807, 2.05) is 0 Å². The van der Waals surface area contributed by atoms with Gasteiger partial charge in [-0.1, -0.05) is 11.6 Å². The van der Waals surface area contributed by atoms with Gasteiger partial charge in [0.1, 0.15) is 5.82 Å². The van der Waals surface area contributed by atoms with E-state index < -0.39 is 5.91 Å². The van der Waals surface area contributed by atoms with Crippen LogP contribution in [0.25, 0.3) is 5.69 Å². The molecule has 1 aromatic heterocycles. The molecule has 1 aliphatic rings. The number of hydrogen-bond donors (Lipinski definition) is 1. The second-order valence-corrected chi connectivity index (χ2v) is 6.31. The summed E-state index contributed by atoms with van der Waals surface area (Å²) in [4.78, 5) is 12.5. The normalized spacial score (nSPS) is 13.1. The van der Waals surface area contributed by atoms with Gasteiger partial charge in [-0.25, -0.2) is 9.07 Å². The van der Waals surface area contributed by atoms with Crippen molar-refractivity contribution in [1.29, 1.82) is 0 Å². The first-order valence-corrected chi connectivity index (χ1v) is 8.70. The molecule has 3 aromatic rings. The van der Waals surface area contributed by atoms with E-state index in [2.05, 4.69) is 10.4 Å². The van der Waals surface area contributed by atoms with Crippen LogP contribution in [0.5, 0.6) is 11.5 Å². The molecule has 138 valence electrons. The van der Waals surface area contributed by atoms with Crippen molar-refractivity contribution < 1.29 is 18.7 Å². The molecule has 0 saturated heterocycles. The van der Waals surface area contributed by atoms with Gasteiger partial charge in [0.15, 0.2) is 17.2 Å². The number of carbonyl (C=O) groups is 1. The van der Waals surface area contributed by atoms with Crippen LogP contribution in [0, 0.1) is 5.82 Å². The highest BCUT2D eigenvalue weighted by atomic mass is 35.5. The molecule has 2 heterocycles. The summed E-state index contributed by atoms with van der Waals surface area (Å²) in [5.41, 5.74) is 1.24. The van der Waals surface area contributed by atoms with Gasteiger partial charge < -0.3 is 14.8 Å². The zero-order valence-corrected chi connectivity index (χ0v) is 14.9. The number of rotatable bonds is 3. The summed E-state index contributed by atoms with van der Waals surface area (Å²) < 4.78 is 25.7. The number of hydrogen-bond acceptors (Lipinski definition) is 4. The van der Waals surface area contributed by atoms with Gasteiger partial charge in [-0.15, -0.1) is 0 Å². The zero-order valence-electron chi connectivity index (χ0n) is 14.1. The fourth-order valence-corrected chi connectivity index (χ4v) is 2.85. The maximum absolute atomic E-state index is 13.0. The average molecular weight is 388 g/mol. The Morgan fingerprint density at radius 2 is 1.81 bits per heavy atom. The van der Waals surface area contributed by atoms with E-state index in [0.717, 1.165) is 6.42 Å². The van der Waals surface area contributed by atoms with Gasteiger partial charge in [0.25, 0.3) is 5.91 Å². The third-order valence-electron chi connectivity index (χ3n) is 4.00. The number of fused-ring (bicyclic) bond motifs is 1. The van der Waals surface area contributed by atoms with Gasteiger partial charge in [-0.05, 0) is 30.3 Å². The van der Waals surface area contributed by atoms with Crippen LogP contribution in [0.4, 0.5) is 10.1 Å². The molecule has 0 atom stereocenters. The van der Waals surface area contributed by atoms with Crippen LogP contribution in [-0.2, 0) is 0 Å². The number of ether oxygens (including phenoxy) is 2. The SMILES string of the molecule is O=C(Nc1cc2c(cc1Cl)OCCCO2)c1ccn(-c2ccc(F)cc2)n1. The standard InChI is InChI=1S/C19H15ClFN3O3/c20-14-10-17-18(27-9-1-8-26-17)11-16(14)22-19(25)15-6-7-24(23-15)13-4-2-12(21)3-5-13/h2-7,10-11H,1,8-9H2,(H,22,25). The van der Waals surface area contributed by atoms with Crippen molar-refractivity contribution in [2.45, 2.75) is 6.42 Å². The fourth-order valence-electron chi connectivity index (χ4n) is 2.65. The van der Waals surface area contributed by atoms with E-state index in [9.17, 15) is 9.18 Å². The lowest BCUT2D eigenvalue weighted by Gasteiger charge is -2.12. The lowest BCUT2D eigenvalue weighted by molar-refractivity contribution is 0.102. The van der Waals surface area contributed by atoms with Crippen molar-refractivity contribution in [1.82, 2.24) is 9.78 Å². The molecule has 0 aliphatic carbocycles. The number of nitrogens with zero attached hydrogens (tertiary/aromatic N) is 2. The van der Waals surface area contributed by atoms with E-state index in [0.29, 0.717) is 41.1 Å². The van der Waals surface area contributed by atoms with Gasteiger partial charge in [0.05, 0.1) is 29.6 Å². The average Bonchev–Trinajstić information content (AvgIpc) is 3.05. The number of nitrogens with one attached hydrogen (secondary N) is 1. The molecule has 0 spiro atoms. The van der Waals surface area contributed by atoms with Gasteiger partial charge >= 0.3 is 0 Å². The van der Waals surface area contributed by atoms with Crippen molar-refractivity contribution >= 4 is 23.2 Å². The molecule has 0 radical (unpaired) electrons. The monoisotopic (exact) mass is 387 g/mol. The van der Waals surface area contributed by atoms with Crippen LogP contribution in [0.2, 0.25) is 5.02 Å². The van der Waals surface area contributed by atoms with Gasteiger partial charge in [-0.3, -0.25) is 4.79 Å². The predicted molar refractivity (Wildman–Crippen MR) is 98.5 cm³/mol.